The molecule has 0 bridgehead atoms. The first-order valence-corrected chi connectivity index (χ1v) is 4.90. The fourth-order valence-corrected chi connectivity index (χ4v) is 1.28. The molecule has 0 radical (unpaired) electrons. The van der Waals surface area contributed by atoms with Crippen LogP contribution in [0, 0.1) is 11.3 Å². The Kier molecular flexibility index (Phi) is 4.37. The summed E-state index contributed by atoms with van der Waals surface area (Å²) in [5, 5.41) is 18.6. The van der Waals surface area contributed by atoms with Crippen LogP contribution in [0.1, 0.15) is 17.5 Å². The van der Waals surface area contributed by atoms with Gasteiger partial charge in [0.25, 0.3) is 0 Å². The topological polar surface area (TPSA) is 79.3 Å². The van der Waals surface area contributed by atoms with E-state index in [2.05, 4.69) is 0 Å². The maximum absolute atomic E-state index is 9.79. The number of methoxy groups -OCH3 is 1. The van der Waals surface area contributed by atoms with E-state index in [9.17, 15) is 5.11 Å². The smallest absolute Gasteiger partial charge is 0.165 e. The molecule has 1 aromatic rings. The molecule has 0 aliphatic carbocycles. The number of benzene rings is 1. The molecule has 0 unspecified atom stereocenters. The molecule has 0 amide bonds. The molecule has 0 saturated carbocycles. The summed E-state index contributed by atoms with van der Waals surface area (Å²) in [6.07, 6.45) is 4.29. The van der Waals surface area contributed by atoms with Crippen LogP contribution in [-0.2, 0) is 0 Å². The summed E-state index contributed by atoms with van der Waals surface area (Å²) in [7, 11) is 1.45. The molecule has 0 atom stereocenters. The van der Waals surface area contributed by atoms with E-state index in [4.69, 9.17) is 15.7 Å². The molecule has 0 saturated heterocycles. The summed E-state index contributed by atoms with van der Waals surface area (Å²) >= 11 is 0. The first-order valence-electron chi connectivity index (χ1n) is 4.90. The molecular formula is C12H14N2O2. The minimum atomic E-state index is 0.0368. The number of phenolic OH excluding ortho intramolecular Hbond substituents is 1. The Hall–Kier alpha value is -1.99. The molecular weight excluding hydrogens is 204 g/mol. The molecule has 4 heteroatoms. The number of aromatic hydroxyl groups is 1. The van der Waals surface area contributed by atoms with E-state index in [-0.39, 0.29) is 5.75 Å². The van der Waals surface area contributed by atoms with E-state index in [0.29, 0.717) is 23.4 Å². The second kappa shape index (κ2) is 5.79. The van der Waals surface area contributed by atoms with Gasteiger partial charge < -0.3 is 15.6 Å². The number of nitrogens with zero attached hydrogens (tertiary/aromatic N) is 1. The second-order valence-corrected chi connectivity index (χ2v) is 3.21. The van der Waals surface area contributed by atoms with Gasteiger partial charge in [-0.2, -0.15) is 5.26 Å². The minimum Gasteiger partial charge on any atom is -0.504 e. The molecule has 0 aliphatic heterocycles. The average molecular weight is 218 g/mol. The zero-order valence-corrected chi connectivity index (χ0v) is 9.10. The highest BCUT2D eigenvalue weighted by Crippen LogP contribution is 2.32. The van der Waals surface area contributed by atoms with Gasteiger partial charge in [0.2, 0.25) is 0 Å². The van der Waals surface area contributed by atoms with Crippen molar-refractivity contribution in [2.45, 2.75) is 6.42 Å². The standard InChI is InChI=1S/C12H14N2O2/c1-16-11-7-9(8-14)6-10(12(11)15)4-2-3-5-13/h2,4,6-7,15H,3,5,13H2,1H3. The van der Waals surface area contributed by atoms with Crippen molar-refractivity contribution in [3.8, 4) is 17.6 Å². The van der Waals surface area contributed by atoms with Gasteiger partial charge in [-0.05, 0) is 19.0 Å². The number of ether oxygens (including phenoxy) is 1. The van der Waals surface area contributed by atoms with Crippen molar-refractivity contribution in [3.05, 3.63) is 29.3 Å². The maximum atomic E-state index is 9.79. The van der Waals surface area contributed by atoms with Crippen LogP contribution in [0.3, 0.4) is 0 Å². The van der Waals surface area contributed by atoms with Crippen molar-refractivity contribution < 1.29 is 9.84 Å². The Morgan fingerprint density at radius 3 is 2.88 bits per heavy atom. The highest BCUT2D eigenvalue weighted by molar-refractivity contribution is 5.64. The highest BCUT2D eigenvalue weighted by atomic mass is 16.5. The van der Waals surface area contributed by atoms with E-state index in [0.717, 1.165) is 6.42 Å². The van der Waals surface area contributed by atoms with Crippen LogP contribution in [0.5, 0.6) is 11.5 Å². The van der Waals surface area contributed by atoms with Gasteiger partial charge in [-0.3, -0.25) is 0 Å². The lowest BCUT2D eigenvalue weighted by molar-refractivity contribution is 0.373. The first-order chi connectivity index (χ1) is 7.72. The summed E-state index contributed by atoms with van der Waals surface area (Å²) in [5.74, 6) is 0.334. The summed E-state index contributed by atoms with van der Waals surface area (Å²) < 4.78 is 4.97. The fourth-order valence-electron chi connectivity index (χ4n) is 1.28. The van der Waals surface area contributed by atoms with E-state index in [1.807, 2.05) is 12.1 Å². The SMILES string of the molecule is COc1cc(C#N)cc(C=CCCN)c1O. The van der Waals surface area contributed by atoms with Crippen LogP contribution in [0.4, 0.5) is 0 Å². The van der Waals surface area contributed by atoms with Gasteiger partial charge in [0.1, 0.15) is 0 Å². The van der Waals surface area contributed by atoms with Gasteiger partial charge in [0.05, 0.1) is 18.7 Å². The van der Waals surface area contributed by atoms with E-state index in [1.54, 1.807) is 12.1 Å². The maximum Gasteiger partial charge on any atom is 0.165 e. The summed E-state index contributed by atoms with van der Waals surface area (Å²) in [6.45, 7) is 0.548. The molecule has 1 aromatic carbocycles. The molecule has 84 valence electrons. The van der Waals surface area contributed by atoms with Gasteiger partial charge in [-0.25, -0.2) is 0 Å². The molecule has 16 heavy (non-hydrogen) atoms. The molecule has 1 rings (SSSR count). The van der Waals surface area contributed by atoms with Gasteiger partial charge in [-0.15, -0.1) is 0 Å². The Balaban J connectivity index is 3.12. The Morgan fingerprint density at radius 1 is 1.56 bits per heavy atom. The molecule has 0 spiro atoms. The number of hydrogen-bond donors (Lipinski definition) is 2. The third-order valence-electron chi connectivity index (χ3n) is 2.08. The number of phenols is 1. The van der Waals surface area contributed by atoms with Crippen LogP contribution < -0.4 is 10.5 Å². The van der Waals surface area contributed by atoms with Gasteiger partial charge in [-0.1, -0.05) is 12.2 Å². The van der Waals surface area contributed by atoms with Gasteiger partial charge in [0.15, 0.2) is 11.5 Å². The fraction of sp³-hybridized carbons (Fsp3) is 0.250. The predicted octanol–water partition coefficient (Wildman–Crippen LogP) is 1.63. The largest absolute Gasteiger partial charge is 0.504 e. The highest BCUT2D eigenvalue weighted by Gasteiger charge is 2.07. The second-order valence-electron chi connectivity index (χ2n) is 3.21. The van der Waals surface area contributed by atoms with E-state index < -0.39 is 0 Å². The molecule has 0 fully saturated rings. The molecule has 0 heterocycles. The van der Waals surface area contributed by atoms with Crippen molar-refractivity contribution in [2.75, 3.05) is 13.7 Å². The number of nitriles is 1. The zero-order chi connectivity index (χ0) is 12.0. The van der Waals surface area contributed by atoms with Gasteiger partial charge in [0, 0.05) is 11.6 Å². The normalized spacial score (nSPS) is 10.3. The van der Waals surface area contributed by atoms with Crippen LogP contribution in [0.15, 0.2) is 18.2 Å². The Bertz CT molecular complexity index is 433. The van der Waals surface area contributed by atoms with Crippen molar-refractivity contribution in [1.29, 1.82) is 5.26 Å². The minimum absolute atomic E-state index is 0.0368. The molecule has 3 N–H and O–H groups in total. The Labute approximate surface area is 94.6 Å². The lowest BCUT2D eigenvalue weighted by Crippen LogP contribution is -1.95. The first kappa shape index (κ1) is 12.1. The lowest BCUT2D eigenvalue weighted by Gasteiger charge is -2.06. The van der Waals surface area contributed by atoms with Crippen molar-refractivity contribution in [1.82, 2.24) is 0 Å². The van der Waals surface area contributed by atoms with Crippen LogP contribution in [0.2, 0.25) is 0 Å². The van der Waals surface area contributed by atoms with Crippen molar-refractivity contribution in [2.24, 2.45) is 5.73 Å². The van der Waals surface area contributed by atoms with E-state index >= 15 is 0 Å². The predicted molar refractivity (Wildman–Crippen MR) is 62.1 cm³/mol. The molecule has 0 aromatic heterocycles. The zero-order valence-electron chi connectivity index (χ0n) is 9.10. The van der Waals surface area contributed by atoms with E-state index in [1.165, 1.54) is 13.2 Å². The number of nitrogens with two attached hydrogens (primary N) is 1. The van der Waals surface area contributed by atoms with Crippen LogP contribution in [-0.4, -0.2) is 18.8 Å². The quantitative estimate of drug-likeness (QED) is 0.805. The third-order valence-corrected chi connectivity index (χ3v) is 2.08. The van der Waals surface area contributed by atoms with Crippen LogP contribution in [0.25, 0.3) is 6.08 Å². The monoisotopic (exact) mass is 218 g/mol. The summed E-state index contributed by atoms with van der Waals surface area (Å²) in [4.78, 5) is 0. The van der Waals surface area contributed by atoms with Crippen molar-refractivity contribution >= 4 is 6.08 Å². The summed E-state index contributed by atoms with van der Waals surface area (Å²) in [6, 6.07) is 5.11. The molecule has 0 aliphatic rings. The Morgan fingerprint density at radius 2 is 2.31 bits per heavy atom. The lowest BCUT2D eigenvalue weighted by atomic mass is 10.1. The van der Waals surface area contributed by atoms with Crippen LogP contribution >= 0.6 is 0 Å². The molecule has 4 nitrogen and oxygen atoms in total. The average Bonchev–Trinajstić information content (AvgIpc) is 2.31. The van der Waals surface area contributed by atoms with Gasteiger partial charge >= 0.3 is 0 Å². The number of rotatable bonds is 4. The summed E-state index contributed by atoms with van der Waals surface area (Å²) in [5.41, 5.74) is 6.36. The third kappa shape index (κ3) is 2.75. The van der Waals surface area contributed by atoms with Crippen molar-refractivity contribution in [3.63, 3.8) is 0 Å². The number of hydrogen-bond acceptors (Lipinski definition) is 4.